The van der Waals surface area contributed by atoms with Crippen molar-refractivity contribution in [2.75, 3.05) is 6.61 Å². The molecule has 0 N–H and O–H groups in total. The Hall–Kier alpha value is -4.50. The van der Waals surface area contributed by atoms with Crippen molar-refractivity contribution in [1.82, 2.24) is 24.4 Å². The van der Waals surface area contributed by atoms with Crippen molar-refractivity contribution in [1.29, 1.82) is 0 Å². The number of furan rings is 1. The third-order valence-electron chi connectivity index (χ3n) is 6.37. The first-order valence-electron chi connectivity index (χ1n) is 13.0. The van der Waals surface area contributed by atoms with Gasteiger partial charge in [0.05, 0.1) is 23.1 Å². The number of ether oxygens (including phenoxy) is 1. The predicted octanol–water partition coefficient (Wildman–Crippen LogP) is 5.77. The van der Waals surface area contributed by atoms with Gasteiger partial charge in [0.2, 0.25) is 10.8 Å². The van der Waals surface area contributed by atoms with E-state index in [4.69, 9.17) is 14.3 Å². The number of hydrogen-bond acceptors (Lipinski definition) is 7. The summed E-state index contributed by atoms with van der Waals surface area (Å²) < 4.78 is 15.0. The molecule has 0 atom stereocenters. The van der Waals surface area contributed by atoms with Gasteiger partial charge in [0.1, 0.15) is 11.4 Å². The number of aromatic nitrogens is 5. The summed E-state index contributed by atoms with van der Waals surface area (Å²) in [4.78, 5) is 18.2. The molecule has 6 rings (SSSR count). The Balaban J connectivity index is 1.35. The monoisotopic (exact) mass is 537 g/mol. The van der Waals surface area contributed by atoms with Crippen LogP contribution in [0.3, 0.4) is 0 Å². The van der Waals surface area contributed by atoms with Crippen LogP contribution >= 0.6 is 11.3 Å². The number of benzene rings is 2. The Morgan fingerprint density at radius 2 is 1.82 bits per heavy atom. The van der Waals surface area contributed by atoms with E-state index in [-0.39, 0.29) is 5.56 Å². The highest BCUT2D eigenvalue weighted by atomic mass is 32.1. The minimum atomic E-state index is -0.231. The Morgan fingerprint density at radius 1 is 0.974 bits per heavy atom. The molecule has 196 valence electrons. The molecule has 0 fully saturated rings. The minimum absolute atomic E-state index is 0.231. The molecule has 0 bridgehead atoms. The highest BCUT2D eigenvalue weighted by Crippen LogP contribution is 2.27. The van der Waals surface area contributed by atoms with Crippen LogP contribution in [0.5, 0.6) is 5.75 Å². The second-order valence-electron chi connectivity index (χ2n) is 9.17. The first-order valence-corrected chi connectivity index (χ1v) is 13.8. The number of thiazole rings is 1. The number of fused-ring (bicyclic) bond motifs is 1. The molecule has 0 saturated carbocycles. The summed E-state index contributed by atoms with van der Waals surface area (Å²) in [6.45, 7) is 2.91. The van der Waals surface area contributed by atoms with E-state index >= 15 is 0 Å². The van der Waals surface area contributed by atoms with Crippen LogP contribution in [-0.4, -0.2) is 31.0 Å². The number of unbranched alkanes of at least 4 members (excludes halogenated alkanes) is 3. The quantitative estimate of drug-likeness (QED) is 0.206. The van der Waals surface area contributed by atoms with Crippen molar-refractivity contribution in [3.63, 3.8) is 0 Å². The van der Waals surface area contributed by atoms with Crippen molar-refractivity contribution < 1.29 is 9.15 Å². The molecule has 0 aliphatic carbocycles. The fourth-order valence-corrected chi connectivity index (χ4v) is 5.24. The summed E-state index contributed by atoms with van der Waals surface area (Å²) in [5.74, 6) is 1.75. The summed E-state index contributed by atoms with van der Waals surface area (Å²) in [6.07, 6.45) is 10.0. The smallest absolute Gasteiger partial charge is 0.291 e. The zero-order valence-corrected chi connectivity index (χ0v) is 22.3. The molecule has 39 heavy (non-hydrogen) atoms. The molecular weight excluding hydrogens is 510 g/mol. The van der Waals surface area contributed by atoms with E-state index in [2.05, 4.69) is 17.0 Å². The average molecular weight is 538 g/mol. The molecule has 4 heterocycles. The van der Waals surface area contributed by atoms with Crippen LogP contribution in [0.1, 0.15) is 38.2 Å². The fourth-order valence-electron chi connectivity index (χ4n) is 4.34. The van der Waals surface area contributed by atoms with Gasteiger partial charge in [0.25, 0.3) is 5.56 Å². The lowest BCUT2D eigenvalue weighted by Crippen LogP contribution is -2.23. The van der Waals surface area contributed by atoms with Crippen LogP contribution in [-0.2, 0) is 0 Å². The molecule has 6 aromatic rings. The Labute approximate surface area is 228 Å². The summed E-state index contributed by atoms with van der Waals surface area (Å²) in [7, 11) is 0. The molecule has 0 aliphatic heterocycles. The lowest BCUT2D eigenvalue weighted by atomic mass is 10.1. The van der Waals surface area contributed by atoms with E-state index in [1.807, 2.05) is 71.6 Å². The summed E-state index contributed by atoms with van der Waals surface area (Å²) in [5.41, 5.74) is 3.22. The zero-order valence-electron chi connectivity index (χ0n) is 21.5. The fraction of sp³-hybridized carbons (Fsp3) is 0.200. The molecule has 4 aromatic heterocycles. The van der Waals surface area contributed by atoms with Crippen molar-refractivity contribution in [3.8, 4) is 34.3 Å². The molecule has 8 nitrogen and oxygen atoms in total. The van der Waals surface area contributed by atoms with Crippen LogP contribution in [0.25, 0.3) is 39.6 Å². The number of hydrogen-bond donors (Lipinski definition) is 0. The molecule has 0 amide bonds. The summed E-state index contributed by atoms with van der Waals surface area (Å²) in [6, 6.07) is 21.4. The van der Waals surface area contributed by atoms with Crippen molar-refractivity contribution >= 4 is 22.4 Å². The van der Waals surface area contributed by atoms with Gasteiger partial charge in [-0.2, -0.15) is 14.6 Å². The number of para-hydroxylation sites is 1. The van der Waals surface area contributed by atoms with Gasteiger partial charge < -0.3 is 9.15 Å². The first-order chi connectivity index (χ1) is 19.2. The molecule has 2 aromatic carbocycles. The normalized spacial score (nSPS) is 12.0. The van der Waals surface area contributed by atoms with Gasteiger partial charge in [0.15, 0.2) is 5.76 Å². The third kappa shape index (κ3) is 5.26. The predicted molar refractivity (Wildman–Crippen MR) is 152 cm³/mol. The second kappa shape index (κ2) is 11.1. The maximum absolute atomic E-state index is 13.2. The maximum Gasteiger partial charge on any atom is 0.291 e. The van der Waals surface area contributed by atoms with E-state index in [0.717, 1.165) is 34.7 Å². The number of rotatable bonds is 10. The largest absolute Gasteiger partial charge is 0.494 e. The highest BCUT2D eigenvalue weighted by Gasteiger charge is 2.16. The topological polar surface area (TPSA) is 87.4 Å². The van der Waals surface area contributed by atoms with E-state index in [9.17, 15) is 4.79 Å². The minimum Gasteiger partial charge on any atom is -0.494 e. The molecular formula is C30H27N5O3S. The summed E-state index contributed by atoms with van der Waals surface area (Å²) in [5, 5.41) is 9.24. The van der Waals surface area contributed by atoms with Gasteiger partial charge in [-0.3, -0.25) is 4.79 Å². The zero-order chi connectivity index (χ0) is 26.6. The van der Waals surface area contributed by atoms with Crippen LogP contribution < -0.4 is 14.8 Å². The van der Waals surface area contributed by atoms with Crippen LogP contribution in [0.2, 0.25) is 0 Å². The van der Waals surface area contributed by atoms with Crippen molar-refractivity contribution in [2.24, 2.45) is 0 Å². The van der Waals surface area contributed by atoms with Crippen LogP contribution in [0.4, 0.5) is 0 Å². The van der Waals surface area contributed by atoms with E-state index in [0.29, 0.717) is 27.7 Å². The average Bonchev–Trinajstić information content (AvgIpc) is 3.76. The van der Waals surface area contributed by atoms with Gasteiger partial charge >= 0.3 is 0 Å². The van der Waals surface area contributed by atoms with Crippen molar-refractivity contribution in [2.45, 2.75) is 32.6 Å². The molecule has 9 heteroatoms. The molecule has 0 spiro atoms. The van der Waals surface area contributed by atoms with Gasteiger partial charge in [-0.15, -0.1) is 5.10 Å². The molecule has 0 saturated heterocycles. The molecule has 0 unspecified atom stereocenters. The van der Waals surface area contributed by atoms with Crippen molar-refractivity contribution in [3.05, 3.63) is 99.6 Å². The Bertz CT molecular complexity index is 1790. The number of nitrogens with zero attached hydrogens (tertiary/aromatic N) is 5. The first kappa shape index (κ1) is 24.8. The summed E-state index contributed by atoms with van der Waals surface area (Å²) >= 11 is 1.29. The van der Waals surface area contributed by atoms with E-state index in [1.165, 1.54) is 35.1 Å². The van der Waals surface area contributed by atoms with Crippen LogP contribution in [0.15, 0.2) is 88.4 Å². The Kier molecular flexibility index (Phi) is 7.05. The molecule has 0 aliphatic rings. The second-order valence-corrected chi connectivity index (χ2v) is 10.2. The lowest BCUT2D eigenvalue weighted by Gasteiger charge is -2.07. The molecule has 0 radical (unpaired) electrons. The van der Waals surface area contributed by atoms with E-state index in [1.54, 1.807) is 18.4 Å². The van der Waals surface area contributed by atoms with Gasteiger partial charge in [-0.25, -0.2) is 4.68 Å². The maximum atomic E-state index is 13.2. The van der Waals surface area contributed by atoms with Gasteiger partial charge in [0, 0.05) is 17.3 Å². The standard InChI is InChI=1S/C30H27N5O3S/c1-2-3-4-8-17-37-24-15-13-21(14-16-24)27-22(20-34(32-27)23-10-6-5-7-11-23)19-26-29(36)35-30(39-26)31-28(33-35)25-12-9-18-38-25/h5-7,9-16,18-20H,2-4,8,17H2,1H3/b26-19-. The lowest BCUT2D eigenvalue weighted by molar-refractivity contribution is 0.305. The highest BCUT2D eigenvalue weighted by molar-refractivity contribution is 7.15. The SMILES string of the molecule is CCCCCCOc1ccc(-c2nn(-c3ccccc3)cc2/C=c2\sc3nc(-c4ccco4)nn3c2=O)cc1. The van der Waals surface area contributed by atoms with Gasteiger partial charge in [-0.1, -0.05) is 55.7 Å². The van der Waals surface area contributed by atoms with Crippen LogP contribution in [0, 0.1) is 0 Å². The van der Waals surface area contributed by atoms with E-state index < -0.39 is 0 Å². The van der Waals surface area contributed by atoms with Gasteiger partial charge in [-0.05, 0) is 61.0 Å². The third-order valence-corrected chi connectivity index (χ3v) is 7.33. The Morgan fingerprint density at radius 3 is 2.56 bits per heavy atom.